The third-order valence-electron chi connectivity index (χ3n) is 5.64. The van der Waals surface area contributed by atoms with E-state index in [1.165, 1.54) is 53.7 Å². The van der Waals surface area contributed by atoms with Gasteiger partial charge in [-0.05, 0) is 48.7 Å². The van der Waals surface area contributed by atoms with Gasteiger partial charge in [-0.25, -0.2) is 8.42 Å². The van der Waals surface area contributed by atoms with Gasteiger partial charge in [-0.2, -0.15) is 17.5 Å². The molecule has 3 rings (SSSR count). The fourth-order valence-corrected chi connectivity index (χ4v) is 5.50. The first-order chi connectivity index (χ1) is 15.5. The number of nitrogens with zero attached hydrogens (tertiary/aromatic N) is 2. The van der Waals surface area contributed by atoms with E-state index in [0.717, 1.165) is 37.8 Å². The average molecular weight is 485 g/mol. The molecule has 0 aliphatic carbocycles. The number of ether oxygens (including phenoxy) is 1. The molecule has 0 N–H and O–H groups in total. The SMILES string of the molecule is COc1ccc(C(=O)N(C)Cc2ccc(C(F)(F)F)cc2)cc1S(=O)(=O)N1CCCCCC1. The highest BCUT2D eigenvalue weighted by Gasteiger charge is 2.31. The van der Waals surface area contributed by atoms with Gasteiger partial charge in [-0.1, -0.05) is 25.0 Å². The smallest absolute Gasteiger partial charge is 0.416 e. The normalized spacial score (nSPS) is 15.7. The molecule has 1 fully saturated rings. The van der Waals surface area contributed by atoms with Crippen molar-refractivity contribution in [2.45, 2.75) is 43.3 Å². The molecule has 2 aromatic carbocycles. The largest absolute Gasteiger partial charge is 0.495 e. The summed E-state index contributed by atoms with van der Waals surface area (Å²) in [6.07, 6.45) is -0.947. The van der Waals surface area contributed by atoms with Gasteiger partial charge in [0.1, 0.15) is 10.6 Å². The fourth-order valence-electron chi connectivity index (χ4n) is 3.80. The van der Waals surface area contributed by atoms with Crippen LogP contribution in [0.2, 0.25) is 0 Å². The van der Waals surface area contributed by atoms with Gasteiger partial charge in [0.15, 0.2) is 0 Å². The number of hydrogen-bond acceptors (Lipinski definition) is 4. The lowest BCUT2D eigenvalue weighted by Crippen LogP contribution is -2.32. The molecule has 1 amide bonds. The number of benzene rings is 2. The Bertz CT molecular complexity index is 1080. The minimum absolute atomic E-state index is 0.0667. The Hall–Kier alpha value is -2.59. The van der Waals surface area contributed by atoms with Crippen LogP contribution in [0.15, 0.2) is 47.4 Å². The number of amides is 1. The van der Waals surface area contributed by atoms with Crippen LogP contribution in [0.25, 0.3) is 0 Å². The summed E-state index contributed by atoms with van der Waals surface area (Å²) in [6, 6.07) is 8.80. The number of carbonyl (C=O) groups excluding carboxylic acids is 1. The van der Waals surface area contributed by atoms with E-state index in [4.69, 9.17) is 4.74 Å². The molecule has 2 aromatic rings. The van der Waals surface area contributed by atoms with Crippen LogP contribution in [-0.2, 0) is 22.7 Å². The van der Waals surface area contributed by atoms with Gasteiger partial charge < -0.3 is 9.64 Å². The zero-order valence-corrected chi connectivity index (χ0v) is 19.4. The zero-order chi connectivity index (χ0) is 24.2. The third-order valence-corrected chi connectivity index (χ3v) is 7.56. The van der Waals surface area contributed by atoms with E-state index in [1.807, 2.05) is 0 Å². The summed E-state index contributed by atoms with van der Waals surface area (Å²) in [6.45, 7) is 0.895. The Kier molecular flexibility index (Phi) is 7.69. The van der Waals surface area contributed by atoms with Crippen LogP contribution >= 0.6 is 0 Å². The fraction of sp³-hybridized carbons (Fsp3) is 0.435. The molecule has 0 spiro atoms. The first kappa shape index (κ1) is 25.0. The number of sulfonamides is 1. The minimum atomic E-state index is -4.43. The van der Waals surface area contributed by atoms with Gasteiger partial charge >= 0.3 is 6.18 Å². The summed E-state index contributed by atoms with van der Waals surface area (Å²) >= 11 is 0. The summed E-state index contributed by atoms with van der Waals surface area (Å²) < 4.78 is 71.6. The van der Waals surface area contributed by atoms with Crippen molar-refractivity contribution in [2.24, 2.45) is 0 Å². The van der Waals surface area contributed by atoms with Crippen LogP contribution in [0.5, 0.6) is 5.75 Å². The molecule has 1 aliphatic heterocycles. The maximum Gasteiger partial charge on any atom is 0.416 e. The van der Waals surface area contributed by atoms with Crippen LogP contribution in [0, 0.1) is 0 Å². The van der Waals surface area contributed by atoms with E-state index in [-0.39, 0.29) is 22.8 Å². The van der Waals surface area contributed by atoms with Crippen molar-refractivity contribution in [3.8, 4) is 5.75 Å². The molecule has 0 aromatic heterocycles. The number of hydrogen-bond donors (Lipinski definition) is 0. The molecule has 0 radical (unpaired) electrons. The number of rotatable bonds is 6. The maximum absolute atomic E-state index is 13.3. The topological polar surface area (TPSA) is 66.9 Å². The number of methoxy groups -OCH3 is 1. The van der Waals surface area contributed by atoms with Crippen molar-refractivity contribution >= 4 is 15.9 Å². The van der Waals surface area contributed by atoms with Crippen LogP contribution < -0.4 is 4.74 Å². The predicted octanol–water partition coefficient (Wildman–Crippen LogP) is 4.55. The van der Waals surface area contributed by atoms with Crippen LogP contribution in [0.3, 0.4) is 0 Å². The van der Waals surface area contributed by atoms with E-state index < -0.39 is 27.7 Å². The van der Waals surface area contributed by atoms with Gasteiger partial charge in [0.2, 0.25) is 10.0 Å². The van der Waals surface area contributed by atoms with Crippen LogP contribution in [0.1, 0.15) is 47.2 Å². The number of halogens is 3. The molecule has 0 unspecified atom stereocenters. The van der Waals surface area contributed by atoms with Gasteiger partial charge in [-0.3, -0.25) is 4.79 Å². The summed E-state index contributed by atoms with van der Waals surface area (Å²) in [7, 11) is -0.979. The molecule has 0 atom stereocenters. The predicted molar refractivity (Wildman–Crippen MR) is 117 cm³/mol. The van der Waals surface area contributed by atoms with Crippen molar-refractivity contribution in [1.29, 1.82) is 0 Å². The second-order valence-corrected chi connectivity index (χ2v) is 9.95. The third kappa shape index (κ3) is 5.86. The Morgan fingerprint density at radius 3 is 2.18 bits per heavy atom. The first-order valence-electron chi connectivity index (χ1n) is 10.6. The molecule has 0 saturated carbocycles. The van der Waals surface area contributed by atoms with Crippen LogP contribution in [0.4, 0.5) is 13.2 Å². The minimum Gasteiger partial charge on any atom is -0.495 e. The standard InChI is InChI=1S/C23H27F3N2O4S/c1-27(16-17-7-10-19(11-8-17)23(24,25)26)22(29)18-9-12-20(32-2)21(15-18)33(30,31)28-13-5-3-4-6-14-28/h7-12,15H,3-6,13-14,16H2,1-2H3. The van der Waals surface area contributed by atoms with E-state index in [0.29, 0.717) is 18.7 Å². The molecule has 6 nitrogen and oxygen atoms in total. The van der Waals surface area contributed by atoms with E-state index in [1.54, 1.807) is 0 Å². The quantitative estimate of drug-likeness (QED) is 0.603. The van der Waals surface area contributed by atoms with Crippen LogP contribution in [-0.4, -0.2) is 50.8 Å². The second-order valence-electron chi connectivity index (χ2n) is 8.04. The molecule has 33 heavy (non-hydrogen) atoms. The molecular weight excluding hydrogens is 457 g/mol. The van der Waals surface area contributed by atoms with Crippen molar-refractivity contribution in [2.75, 3.05) is 27.2 Å². The average Bonchev–Trinajstić information content (AvgIpc) is 3.08. The summed E-state index contributed by atoms with van der Waals surface area (Å²) in [5.74, 6) is -0.300. The zero-order valence-electron chi connectivity index (χ0n) is 18.6. The second kappa shape index (κ2) is 10.1. The number of carbonyl (C=O) groups is 1. The summed E-state index contributed by atoms with van der Waals surface area (Å²) in [5, 5.41) is 0. The van der Waals surface area contributed by atoms with Crippen molar-refractivity contribution in [3.05, 3.63) is 59.2 Å². The van der Waals surface area contributed by atoms with Gasteiger partial charge in [0.05, 0.1) is 12.7 Å². The highest BCUT2D eigenvalue weighted by atomic mass is 32.2. The van der Waals surface area contributed by atoms with E-state index in [9.17, 15) is 26.4 Å². The lowest BCUT2D eigenvalue weighted by Gasteiger charge is -2.22. The van der Waals surface area contributed by atoms with E-state index >= 15 is 0 Å². The van der Waals surface area contributed by atoms with Crippen molar-refractivity contribution in [1.82, 2.24) is 9.21 Å². The Morgan fingerprint density at radius 1 is 1.03 bits per heavy atom. The molecule has 10 heteroatoms. The van der Waals surface area contributed by atoms with Gasteiger partial charge in [-0.15, -0.1) is 0 Å². The Balaban J connectivity index is 1.83. The number of alkyl halides is 3. The Labute approximate surface area is 192 Å². The molecule has 1 heterocycles. The lowest BCUT2D eigenvalue weighted by molar-refractivity contribution is -0.137. The van der Waals surface area contributed by atoms with Gasteiger partial charge in [0, 0.05) is 32.2 Å². The summed E-state index contributed by atoms with van der Waals surface area (Å²) in [4.78, 5) is 14.2. The Morgan fingerprint density at radius 2 is 1.64 bits per heavy atom. The van der Waals surface area contributed by atoms with E-state index in [2.05, 4.69) is 0 Å². The molecule has 1 saturated heterocycles. The first-order valence-corrected chi connectivity index (χ1v) is 12.1. The van der Waals surface area contributed by atoms with Gasteiger partial charge in [0.25, 0.3) is 5.91 Å². The highest BCUT2D eigenvalue weighted by Crippen LogP contribution is 2.31. The van der Waals surface area contributed by atoms with Crippen molar-refractivity contribution < 1.29 is 31.1 Å². The molecule has 0 bridgehead atoms. The highest BCUT2D eigenvalue weighted by molar-refractivity contribution is 7.89. The lowest BCUT2D eigenvalue weighted by atomic mass is 10.1. The maximum atomic E-state index is 13.3. The summed E-state index contributed by atoms with van der Waals surface area (Å²) in [5.41, 5.74) is -0.0953. The monoisotopic (exact) mass is 484 g/mol. The molecule has 1 aliphatic rings. The molecular formula is C23H27F3N2O4S. The molecule has 180 valence electrons. The van der Waals surface area contributed by atoms with Crippen molar-refractivity contribution in [3.63, 3.8) is 0 Å².